The van der Waals surface area contributed by atoms with Crippen molar-refractivity contribution in [2.75, 3.05) is 7.11 Å². The fourth-order valence-electron chi connectivity index (χ4n) is 2.08. The molecule has 0 fully saturated rings. The molecule has 0 unspecified atom stereocenters. The Bertz CT molecular complexity index is 500. The second-order valence-corrected chi connectivity index (χ2v) is 4.20. The number of para-hydroxylation sites is 1. The molecule has 16 heavy (non-hydrogen) atoms. The van der Waals surface area contributed by atoms with Crippen LogP contribution < -0.4 is 4.74 Å². The first-order valence-corrected chi connectivity index (χ1v) is 5.72. The lowest BCUT2D eigenvalue weighted by Gasteiger charge is -2.11. The molecule has 3 nitrogen and oxygen atoms in total. The van der Waals surface area contributed by atoms with Gasteiger partial charge in [-0.15, -0.1) is 0 Å². The molecule has 2 aromatic rings. The minimum Gasteiger partial charge on any atom is -0.468 e. The monoisotopic (exact) mass is 218 g/mol. The summed E-state index contributed by atoms with van der Waals surface area (Å²) in [5.41, 5.74) is 3.50. The van der Waals surface area contributed by atoms with Gasteiger partial charge in [-0.05, 0) is 31.9 Å². The Balaban J connectivity index is 2.77. The third kappa shape index (κ3) is 1.56. The van der Waals surface area contributed by atoms with Crippen LogP contribution in [0.3, 0.4) is 0 Å². The lowest BCUT2D eigenvalue weighted by atomic mass is 10.1. The van der Waals surface area contributed by atoms with Crippen LogP contribution in [0.4, 0.5) is 0 Å². The van der Waals surface area contributed by atoms with Crippen LogP contribution in [0.1, 0.15) is 32.4 Å². The topological polar surface area (TPSA) is 27.1 Å². The molecule has 0 radical (unpaired) electrons. The summed E-state index contributed by atoms with van der Waals surface area (Å²) in [5, 5.41) is 0. The Kier molecular flexibility index (Phi) is 2.86. The number of hydrogen-bond acceptors (Lipinski definition) is 2. The quantitative estimate of drug-likeness (QED) is 0.791. The van der Waals surface area contributed by atoms with E-state index < -0.39 is 0 Å². The normalized spacial score (nSPS) is 11.3. The average molecular weight is 218 g/mol. The van der Waals surface area contributed by atoms with Crippen LogP contribution in [-0.4, -0.2) is 16.7 Å². The Morgan fingerprint density at radius 3 is 2.69 bits per heavy atom. The predicted octanol–water partition coefficient (Wildman–Crippen LogP) is 3.19. The lowest BCUT2D eigenvalue weighted by molar-refractivity contribution is 0.350. The molecule has 1 heterocycles. The highest BCUT2D eigenvalue weighted by Crippen LogP contribution is 2.27. The SMILES string of the molecule is CCc1cccc2c1nc(OC)n2C(C)C. The number of fused-ring (bicyclic) bond motifs is 1. The van der Waals surface area contributed by atoms with Crippen molar-refractivity contribution in [3.05, 3.63) is 23.8 Å². The van der Waals surface area contributed by atoms with Gasteiger partial charge in [-0.1, -0.05) is 19.1 Å². The van der Waals surface area contributed by atoms with Gasteiger partial charge >= 0.3 is 0 Å². The first-order chi connectivity index (χ1) is 7.69. The van der Waals surface area contributed by atoms with Crippen LogP contribution in [0.5, 0.6) is 6.01 Å². The van der Waals surface area contributed by atoms with E-state index >= 15 is 0 Å². The van der Waals surface area contributed by atoms with Crippen LogP contribution in [-0.2, 0) is 6.42 Å². The van der Waals surface area contributed by atoms with Gasteiger partial charge in [0.25, 0.3) is 6.01 Å². The summed E-state index contributed by atoms with van der Waals surface area (Å²) >= 11 is 0. The fraction of sp³-hybridized carbons (Fsp3) is 0.462. The molecule has 0 spiro atoms. The molecule has 0 bridgehead atoms. The number of methoxy groups -OCH3 is 1. The number of aryl methyl sites for hydroxylation is 1. The second-order valence-electron chi connectivity index (χ2n) is 4.20. The number of ether oxygens (including phenoxy) is 1. The van der Waals surface area contributed by atoms with Gasteiger partial charge in [0.15, 0.2) is 0 Å². The van der Waals surface area contributed by atoms with Gasteiger partial charge in [0.1, 0.15) is 0 Å². The van der Waals surface area contributed by atoms with E-state index in [1.807, 2.05) is 0 Å². The van der Waals surface area contributed by atoms with Gasteiger partial charge in [0, 0.05) is 6.04 Å². The summed E-state index contributed by atoms with van der Waals surface area (Å²) < 4.78 is 7.48. The third-order valence-corrected chi connectivity index (χ3v) is 2.85. The number of nitrogens with zero attached hydrogens (tertiary/aromatic N) is 2. The van der Waals surface area contributed by atoms with Crippen LogP contribution in [0.15, 0.2) is 18.2 Å². The van der Waals surface area contributed by atoms with Gasteiger partial charge in [0.05, 0.1) is 18.1 Å². The second kappa shape index (κ2) is 4.16. The Hall–Kier alpha value is -1.51. The summed E-state index contributed by atoms with van der Waals surface area (Å²) in [6, 6.07) is 7.36. The van der Waals surface area contributed by atoms with Crippen molar-refractivity contribution < 1.29 is 4.74 Å². The Morgan fingerprint density at radius 2 is 2.12 bits per heavy atom. The van der Waals surface area contributed by atoms with Crippen molar-refractivity contribution in [3.63, 3.8) is 0 Å². The molecule has 0 saturated carbocycles. The van der Waals surface area contributed by atoms with Crippen molar-refractivity contribution in [2.45, 2.75) is 33.2 Å². The Labute approximate surface area is 96.1 Å². The number of aromatic nitrogens is 2. The molecule has 0 aliphatic heterocycles. The van der Waals surface area contributed by atoms with Gasteiger partial charge in [-0.2, -0.15) is 4.98 Å². The fourth-order valence-corrected chi connectivity index (χ4v) is 2.08. The maximum atomic E-state index is 5.34. The largest absolute Gasteiger partial charge is 0.468 e. The van der Waals surface area contributed by atoms with Crippen molar-refractivity contribution in [2.24, 2.45) is 0 Å². The summed E-state index contributed by atoms with van der Waals surface area (Å²) in [5.74, 6) is 0. The first kappa shape index (κ1) is 11.0. The molecular formula is C13H18N2O. The van der Waals surface area contributed by atoms with Crippen LogP contribution in [0.25, 0.3) is 11.0 Å². The minimum absolute atomic E-state index is 0.354. The molecule has 3 heteroatoms. The molecule has 0 N–H and O–H groups in total. The van der Waals surface area contributed by atoms with E-state index in [4.69, 9.17) is 4.74 Å². The maximum absolute atomic E-state index is 5.34. The zero-order valence-corrected chi connectivity index (χ0v) is 10.3. The predicted molar refractivity (Wildman–Crippen MR) is 66.0 cm³/mol. The van der Waals surface area contributed by atoms with Crippen molar-refractivity contribution in [1.29, 1.82) is 0 Å². The van der Waals surface area contributed by atoms with Crippen LogP contribution >= 0.6 is 0 Å². The average Bonchev–Trinajstić information content (AvgIpc) is 2.66. The van der Waals surface area contributed by atoms with E-state index in [9.17, 15) is 0 Å². The van der Waals surface area contributed by atoms with Crippen molar-refractivity contribution in [1.82, 2.24) is 9.55 Å². The van der Waals surface area contributed by atoms with E-state index in [-0.39, 0.29) is 0 Å². The van der Waals surface area contributed by atoms with Crippen molar-refractivity contribution >= 4 is 11.0 Å². The molecule has 2 rings (SSSR count). The first-order valence-electron chi connectivity index (χ1n) is 5.72. The zero-order valence-electron chi connectivity index (χ0n) is 10.3. The van der Waals surface area contributed by atoms with Crippen molar-refractivity contribution in [3.8, 4) is 6.01 Å². The number of imidazole rings is 1. The summed E-state index contributed by atoms with van der Waals surface area (Å²) in [4.78, 5) is 4.56. The van der Waals surface area contributed by atoms with E-state index in [1.165, 1.54) is 5.56 Å². The smallest absolute Gasteiger partial charge is 0.297 e. The number of benzene rings is 1. The molecule has 0 aliphatic rings. The molecule has 0 saturated heterocycles. The highest BCUT2D eigenvalue weighted by Gasteiger charge is 2.14. The van der Waals surface area contributed by atoms with Gasteiger partial charge in [-0.25, -0.2) is 0 Å². The van der Waals surface area contributed by atoms with E-state index in [0.29, 0.717) is 12.1 Å². The highest BCUT2D eigenvalue weighted by atomic mass is 16.5. The maximum Gasteiger partial charge on any atom is 0.297 e. The molecule has 1 aromatic carbocycles. The van der Waals surface area contributed by atoms with Gasteiger partial charge in [0.2, 0.25) is 0 Å². The molecule has 86 valence electrons. The molecule has 0 aliphatic carbocycles. The standard InChI is InChI=1S/C13H18N2O/c1-5-10-7-6-8-11-12(10)14-13(16-4)15(11)9(2)3/h6-9H,5H2,1-4H3. The molecular weight excluding hydrogens is 200 g/mol. The summed E-state index contributed by atoms with van der Waals surface area (Å²) in [6.45, 7) is 6.43. The van der Waals surface area contributed by atoms with E-state index in [0.717, 1.165) is 17.5 Å². The van der Waals surface area contributed by atoms with Crippen LogP contribution in [0.2, 0.25) is 0 Å². The van der Waals surface area contributed by atoms with E-state index in [2.05, 4.69) is 48.5 Å². The highest BCUT2D eigenvalue weighted by molar-refractivity contribution is 5.80. The summed E-state index contributed by atoms with van der Waals surface area (Å²) in [6.07, 6.45) is 0.996. The number of rotatable bonds is 3. The molecule has 0 amide bonds. The summed E-state index contributed by atoms with van der Waals surface area (Å²) in [7, 11) is 1.67. The van der Waals surface area contributed by atoms with Gasteiger partial charge < -0.3 is 4.74 Å². The van der Waals surface area contributed by atoms with E-state index in [1.54, 1.807) is 7.11 Å². The molecule has 0 atom stereocenters. The van der Waals surface area contributed by atoms with Gasteiger partial charge in [-0.3, -0.25) is 4.57 Å². The number of hydrogen-bond donors (Lipinski definition) is 0. The van der Waals surface area contributed by atoms with Crippen LogP contribution in [0, 0.1) is 0 Å². The third-order valence-electron chi connectivity index (χ3n) is 2.85. The minimum atomic E-state index is 0.354. The molecule has 1 aromatic heterocycles. The zero-order chi connectivity index (χ0) is 11.7. The Morgan fingerprint density at radius 1 is 1.38 bits per heavy atom. The lowest BCUT2D eigenvalue weighted by Crippen LogP contribution is -2.03.